The normalized spacial score (nSPS) is 9.71. The Hall–Kier alpha value is -1.63. The number of aromatic nitrogens is 1. The smallest absolute Gasteiger partial charge is 0.0435 e. The summed E-state index contributed by atoms with van der Waals surface area (Å²) in [7, 11) is 0. The van der Waals surface area contributed by atoms with Gasteiger partial charge in [0.1, 0.15) is 0 Å². The van der Waals surface area contributed by atoms with E-state index in [0.717, 1.165) is 5.69 Å². The van der Waals surface area contributed by atoms with Crippen molar-refractivity contribution in [3.05, 3.63) is 54.4 Å². The summed E-state index contributed by atoms with van der Waals surface area (Å²) in [6.45, 7) is 8.33. The first-order chi connectivity index (χ1) is 8.27. The van der Waals surface area contributed by atoms with Gasteiger partial charge in [-0.2, -0.15) is 0 Å². The largest absolute Gasteiger partial charge is 0.261 e. The molecule has 1 heteroatoms. The summed E-state index contributed by atoms with van der Waals surface area (Å²) in [6.07, 6.45) is 1.89. The van der Waals surface area contributed by atoms with Crippen LogP contribution in [0.3, 0.4) is 0 Å². The third-order valence-electron chi connectivity index (χ3n) is 2.48. The summed E-state index contributed by atoms with van der Waals surface area (Å²) in [4.78, 5) is 4.36. The second kappa shape index (κ2) is 6.85. The predicted molar refractivity (Wildman–Crippen MR) is 75.1 cm³/mol. The molecule has 0 aliphatic carbocycles. The average molecular weight is 227 g/mol. The van der Waals surface area contributed by atoms with Crippen molar-refractivity contribution in [2.24, 2.45) is 0 Å². The summed E-state index contributed by atoms with van der Waals surface area (Å²) in [5.74, 6) is 0.480. The Kier molecular flexibility index (Phi) is 5.41. The van der Waals surface area contributed by atoms with Gasteiger partial charge in [0.25, 0.3) is 0 Å². The lowest BCUT2D eigenvalue weighted by Gasteiger charge is -2.06. The fraction of sp³-hybridized carbons (Fsp3) is 0.312. The van der Waals surface area contributed by atoms with Gasteiger partial charge in [-0.15, -0.1) is 0 Å². The van der Waals surface area contributed by atoms with Gasteiger partial charge in [-0.05, 0) is 29.2 Å². The first-order valence-electron chi connectivity index (χ1n) is 6.29. The molecule has 1 aromatic heterocycles. The van der Waals surface area contributed by atoms with Crippen LogP contribution in [0.5, 0.6) is 0 Å². The quantitative estimate of drug-likeness (QED) is 0.711. The maximum Gasteiger partial charge on any atom is 0.0435 e. The van der Waals surface area contributed by atoms with Crippen LogP contribution >= 0.6 is 0 Å². The Labute approximate surface area is 105 Å². The Balaban J connectivity index is 0.000000686. The fourth-order valence-electron chi connectivity index (χ4n) is 1.57. The summed E-state index contributed by atoms with van der Waals surface area (Å²) in [5, 5.41) is 0. The van der Waals surface area contributed by atoms with Crippen LogP contribution in [0.2, 0.25) is 0 Å². The molecule has 0 unspecified atom stereocenters. The van der Waals surface area contributed by atoms with E-state index < -0.39 is 0 Å². The van der Waals surface area contributed by atoms with Crippen LogP contribution in [0.4, 0.5) is 0 Å². The molecule has 0 saturated carbocycles. The molecule has 17 heavy (non-hydrogen) atoms. The Bertz CT molecular complexity index is 432. The number of pyridine rings is 1. The molecule has 0 amide bonds. The van der Waals surface area contributed by atoms with Gasteiger partial charge in [0, 0.05) is 11.9 Å². The Morgan fingerprint density at radius 2 is 1.53 bits per heavy atom. The van der Waals surface area contributed by atoms with Gasteiger partial charge in [-0.3, -0.25) is 4.98 Å². The van der Waals surface area contributed by atoms with E-state index in [2.05, 4.69) is 55.2 Å². The number of hydrogen-bond donors (Lipinski definition) is 0. The first kappa shape index (κ1) is 13.4. The fourth-order valence-corrected chi connectivity index (χ4v) is 1.57. The molecule has 1 aromatic carbocycles. The third kappa shape index (κ3) is 3.70. The molecule has 0 saturated heterocycles. The van der Waals surface area contributed by atoms with Crippen LogP contribution in [0, 0.1) is 0 Å². The Morgan fingerprint density at radius 1 is 0.882 bits per heavy atom. The molecule has 0 aliphatic heterocycles. The first-order valence-corrected chi connectivity index (χ1v) is 6.29. The van der Waals surface area contributed by atoms with Crippen LogP contribution < -0.4 is 0 Å². The van der Waals surface area contributed by atoms with Gasteiger partial charge >= 0.3 is 0 Å². The van der Waals surface area contributed by atoms with Gasteiger partial charge in [-0.25, -0.2) is 0 Å². The van der Waals surface area contributed by atoms with Gasteiger partial charge in [-0.1, -0.05) is 58.0 Å². The van der Waals surface area contributed by atoms with Crippen molar-refractivity contribution in [1.29, 1.82) is 0 Å². The van der Waals surface area contributed by atoms with Gasteiger partial charge in [0.15, 0.2) is 0 Å². The van der Waals surface area contributed by atoms with Crippen LogP contribution in [-0.4, -0.2) is 4.98 Å². The molecule has 0 fully saturated rings. The highest BCUT2D eigenvalue weighted by molar-refractivity contribution is 5.63. The highest BCUT2D eigenvalue weighted by Crippen LogP contribution is 2.21. The molecule has 2 rings (SSSR count). The van der Waals surface area contributed by atoms with Crippen LogP contribution in [-0.2, 0) is 0 Å². The average Bonchev–Trinajstić information content (AvgIpc) is 2.42. The van der Waals surface area contributed by atoms with E-state index >= 15 is 0 Å². The SMILES string of the molecule is CC.CC(C)c1cc(-c2ccccc2)ccn1. The van der Waals surface area contributed by atoms with Crippen molar-refractivity contribution in [3.63, 3.8) is 0 Å². The summed E-state index contributed by atoms with van der Waals surface area (Å²) in [6, 6.07) is 14.6. The zero-order valence-electron chi connectivity index (χ0n) is 11.1. The predicted octanol–water partition coefficient (Wildman–Crippen LogP) is 4.90. The van der Waals surface area contributed by atoms with Crippen molar-refractivity contribution in [2.45, 2.75) is 33.6 Å². The molecular formula is C16H21N. The summed E-state index contributed by atoms with van der Waals surface area (Å²) in [5.41, 5.74) is 3.65. The minimum absolute atomic E-state index is 0.480. The molecule has 2 aromatic rings. The second-order valence-corrected chi connectivity index (χ2v) is 3.99. The summed E-state index contributed by atoms with van der Waals surface area (Å²) < 4.78 is 0. The van der Waals surface area contributed by atoms with E-state index in [1.807, 2.05) is 26.1 Å². The highest BCUT2D eigenvalue weighted by Gasteiger charge is 2.02. The lowest BCUT2D eigenvalue weighted by molar-refractivity contribution is 0.823. The van der Waals surface area contributed by atoms with E-state index in [0.29, 0.717) is 5.92 Å². The molecule has 0 aliphatic rings. The maximum absolute atomic E-state index is 4.36. The van der Waals surface area contributed by atoms with Crippen molar-refractivity contribution in [3.8, 4) is 11.1 Å². The minimum atomic E-state index is 0.480. The monoisotopic (exact) mass is 227 g/mol. The van der Waals surface area contributed by atoms with Crippen molar-refractivity contribution in [1.82, 2.24) is 4.98 Å². The van der Waals surface area contributed by atoms with Crippen molar-refractivity contribution >= 4 is 0 Å². The van der Waals surface area contributed by atoms with Crippen LogP contribution in [0.15, 0.2) is 48.7 Å². The van der Waals surface area contributed by atoms with E-state index in [1.54, 1.807) is 0 Å². The maximum atomic E-state index is 4.36. The molecule has 0 radical (unpaired) electrons. The molecular weight excluding hydrogens is 206 g/mol. The van der Waals surface area contributed by atoms with Gasteiger partial charge < -0.3 is 0 Å². The molecule has 0 N–H and O–H groups in total. The van der Waals surface area contributed by atoms with Crippen LogP contribution in [0.1, 0.15) is 39.3 Å². The van der Waals surface area contributed by atoms with Crippen LogP contribution in [0.25, 0.3) is 11.1 Å². The third-order valence-corrected chi connectivity index (χ3v) is 2.48. The number of nitrogens with zero attached hydrogens (tertiary/aromatic N) is 1. The molecule has 1 nitrogen and oxygen atoms in total. The zero-order chi connectivity index (χ0) is 12.7. The number of rotatable bonds is 2. The lowest BCUT2D eigenvalue weighted by atomic mass is 10.0. The van der Waals surface area contributed by atoms with Crippen molar-refractivity contribution < 1.29 is 0 Å². The molecule has 1 heterocycles. The standard InChI is InChI=1S/C14H15N.C2H6/c1-11(2)14-10-13(8-9-15-14)12-6-4-3-5-7-12;1-2/h3-11H,1-2H3;1-2H3. The zero-order valence-corrected chi connectivity index (χ0v) is 11.1. The second-order valence-electron chi connectivity index (χ2n) is 3.99. The van der Waals surface area contributed by atoms with E-state index in [4.69, 9.17) is 0 Å². The molecule has 0 bridgehead atoms. The highest BCUT2D eigenvalue weighted by atomic mass is 14.7. The van der Waals surface area contributed by atoms with E-state index in [-0.39, 0.29) is 0 Å². The van der Waals surface area contributed by atoms with E-state index in [9.17, 15) is 0 Å². The molecule has 0 atom stereocenters. The van der Waals surface area contributed by atoms with Gasteiger partial charge in [0.2, 0.25) is 0 Å². The molecule has 0 spiro atoms. The van der Waals surface area contributed by atoms with Gasteiger partial charge in [0.05, 0.1) is 0 Å². The number of benzene rings is 1. The summed E-state index contributed by atoms with van der Waals surface area (Å²) >= 11 is 0. The lowest BCUT2D eigenvalue weighted by Crippen LogP contribution is -1.92. The topological polar surface area (TPSA) is 12.9 Å². The molecule has 90 valence electrons. The van der Waals surface area contributed by atoms with Crippen molar-refractivity contribution in [2.75, 3.05) is 0 Å². The number of hydrogen-bond acceptors (Lipinski definition) is 1. The minimum Gasteiger partial charge on any atom is -0.261 e. The van der Waals surface area contributed by atoms with E-state index in [1.165, 1.54) is 11.1 Å². The Morgan fingerprint density at radius 3 is 2.12 bits per heavy atom.